The molecule has 0 aliphatic heterocycles. The molecule has 0 radical (unpaired) electrons. The SMILES string of the molecule is CC[C@H](NC(=O)NCC(C)CSC)C(=O)O. The first kappa shape index (κ1) is 15.1. The molecule has 1 unspecified atom stereocenters. The first-order valence-electron chi connectivity index (χ1n) is 5.27. The summed E-state index contributed by atoms with van der Waals surface area (Å²) in [6.45, 7) is 4.31. The Morgan fingerprint density at radius 2 is 2.06 bits per heavy atom. The quantitative estimate of drug-likeness (QED) is 0.631. The zero-order chi connectivity index (χ0) is 12.6. The minimum Gasteiger partial charge on any atom is -0.480 e. The summed E-state index contributed by atoms with van der Waals surface area (Å²) in [7, 11) is 0. The Hall–Kier alpha value is -0.910. The average molecular weight is 248 g/mol. The number of thioether (sulfide) groups is 1. The van der Waals surface area contributed by atoms with Gasteiger partial charge >= 0.3 is 12.0 Å². The third-order valence-electron chi connectivity index (χ3n) is 2.07. The molecule has 2 atom stereocenters. The van der Waals surface area contributed by atoms with Gasteiger partial charge < -0.3 is 15.7 Å². The van der Waals surface area contributed by atoms with Crippen molar-refractivity contribution in [3.63, 3.8) is 0 Å². The lowest BCUT2D eigenvalue weighted by atomic mass is 10.2. The number of hydrogen-bond acceptors (Lipinski definition) is 3. The second kappa shape index (κ2) is 8.27. The maximum atomic E-state index is 11.3. The van der Waals surface area contributed by atoms with Gasteiger partial charge in [0.25, 0.3) is 0 Å². The number of amides is 2. The molecular weight excluding hydrogens is 228 g/mol. The Kier molecular flexibility index (Phi) is 7.80. The molecule has 94 valence electrons. The van der Waals surface area contributed by atoms with Crippen molar-refractivity contribution in [2.24, 2.45) is 5.92 Å². The van der Waals surface area contributed by atoms with Gasteiger partial charge in [-0.3, -0.25) is 0 Å². The molecule has 0 fully saturated rings. The zero-order valence-electron chi connectivity index (χ0n) is 9.95. The van der Waals surface area contributed by atoms with Crippen LogP contribution in [0, 0.1) is 5.92 Å². The van der Waals surface area contributed by atoms with Crippen molar-refractivity contribution in [3.05, 3.63) is 0 Å². The van der Waals surface area contributed by atoms with Gasteiger partial charge in [-0.15, -0.1) is 0 Å². The first-order valence-corrected chi connectivity index (χ1v) is 6.66. The maximum Gasteiger partial charge on any atom is 0.326 e. The fourth-order valence-electron chi connectivity index (χ4n) is 1.16. The van der Waals surface area contributed by atoms with E-state index in [4.69, 9.17) is 5.11 Å². The third kappa shape index (κ3) is 6.55. The van der Waals surface area contributed by atoms with E-state index < -0.39 is 18.0 Å². The second-order valence-electron chi connectivity index (χ2n) is 3.71. The monoisotopic (exact) mass is 248 g/mol. The smallest absolute Gasteiger partial charge is 0.326 e. The van der Waals surface area contributed by atoms with E-state index in [2.05, 4.69) is 10.6 Å². The molecule has 0 aliphatic rings. The summed E-state index contributed by atoms with van der Waals surface area (Å²) in [6, 6.07) is -1.22. The van der Waals surface area contributed by atoms with E-state index in [0.717, 1.165) is 5.75 Å². The van der Waals surface area contributed by atoms with E-state index in [0.29, 0.717) is 18.9 Å². The Morgan fingerprint density at radius 1 is 1.44 bits per heavy atom. The highest BCUT2D eigenvalue weighted by atomic mass is 32.2. The molecule has 16 heavy (non-hydrogen) atoms. The fourth-order valence-corrected chi connectivity index (χ4v) is 1.84. The standard InChI is InChI=1S/C10H20N2O3S/c1-4-8(9(13)14)12-10(15)11-5-7(2)6-16-3/h7-8H,4-6H2,1-3H3,(H,13,14)(H2,11,12,15)/t7?,8-/m0/s1. The summed E-state index contributed by atoms with van der Waals surface area (Å²) in [5.41, 5.74) is 0. The van der Waals surface area contributed by atoms with Gasteiger partial charge in [-0.2, -0.15) is 11.8 Å². The van der Waals surface area contributed by atoms with E-state index in [1.807, 2.05) is 13.2 Å². The van der Waals surface area contributed by atoms with E-state index in [-0.39, 0.29) is 0 Å². The van der Waals surface area contributed by atoms with Crippen molar-refractivity contribution in [2.45, 2.75) is 26.3 Å². The molecule has 6 heteroatoms. The normalized spacial score (nSPS) is 13.9. The van der Waals surface area contributed by atoms with E-state index in [9.17, 15) is 9.59 Å². The molecule has 0 saturated heterocycles. The van der Waals surface area contributed by atoms with Crippen LogP contribution in [-0.4, -0.2) is 41.7 Å². The Labute approximate surface area is 100 Å². The number of carboxylic acid groups (broad SMARTS) is 1. The highest BCUT2D eigenvalue weighted by Gasteiger charge is 2.17. The molecule has 3 N–H and O–H groups in total. The minimum absolute atomic E-state index is 0.378. The zero-order valence-corrected chi connectivity index (χ0v) is 10.8. The number of carbonyl (C=O) groups is 2. The van der Waals surface area contributed by atoms with Crippen molar-refractivity contribution < 1.29 is 14.7 Å². The third-order valence-corrected chi connectivity index (χ3v) is 2.98. The van der Waals surface area contributed by atoms with Crippen LogP contribution in [0.4, 0.5) is 4.79 Å². The molecule has 0 saturated carbocycles. The van der Waals surface area contributed by atoms with Gasteiger partial charge in [-0.1, -0.05) is 13.8 Å². The van der Waals surface area contributed by atoms with Crippen molar-refractivity contribution in [3.8, 4) is 0 Å². The number of hydrogen-bond donors (Lipinski definition) is 3. The topological polar surface area (TPSA) is 78.4 Å². The number of urea groups is 1. The Morgan fingerprint density at radius 3 is 2.50 bits per heavy atom. The fraction of sp³-hybridized carbons (Fsp3) is 0.800. The van der Waals surface area contributed by atoms with Crippen LogP contribution in [0.5, 0.6) is 0 Å². The second-order valence-corrected chi connectivity index (χ2v) is 4.62. The lowest BCUT2D eigenvalue weighted by molar-refractivity contribution is -0.139. The van der Waals surface area contributed by atoms with Crippen LogP contribution in [-0.2, 0) is 4.79 Å². The molecule has 0 rings (SSSR count). The molecular formula is C10H20N2O3S. The van der Waals surface area contributed by atoms with Crippen molar-refractivity contribution in [1.82, 2.24) is 10.6 Å². The number of aliphatic carboxylic acids is 1. The van der Waals surface area contributed by atoms with Crippen LogP contribution in [0.2, 0.25) is 0 Å². The molecule has 0 aromatic heterocycles. The molecule has 0 aromatic rings. The molecule has 0 heterocycles. The minimum atomic E-state index is -1.00. The molecule has 5 nitrogen and oxygen atoms in total. The predicted octanol–water partition coefficient (Wildman–Crippen LogP) is 1.15. The summed E-state index contributed by atoms with van der Waals surface area (Å²) in [5, 5.41) is 13.8. The van der Waals surface area contributed by atoms with Crippen LogP contribution in [0.3, 0.4) is 0 Å². The van der Waals surface area contributed by atoms with E-state index >= 15 is 0 Å². The van der Waals surface area contributed by atoms with Crippen LogP contribution in [0.1, 0.15) is 20.3 Å². The van der Waals surface area contributed by atoms with Crippen molar-refractivity contribution in [1.29, 1.82) is 0 Å². The van der Waals surface area contributed by atoms with Gasteiger partial charge in [-0.05, 0) is 24.3 Å². The van der Waals surface area contributed by atoms with Crippen LogP contribution < -0.4 is 10.6 Å². The van der Waals surface area contributed by atoms with Crippen LogP contribution >= 0.6 is 11.8 Å². The van der Waals surface area contributed by atoms with Gasteiger partial charge in [0.2, 0.25) is 0 Å². The summed E-state index contributed by atoms with van der Waals surface area (Å²) in [5.74, 6) is 0.344. The number of rotatable bonds is 7. The van der Waals surface area contributed by atoms with Gasteiger partial charge in [0.1, 0.15) is 6.04 Å². The number of carbonyl (C=O) groups excluding carboxylic acids is 1. The molecule has 2 amide bonds. The summed E-state index contributed by atoms with van der Waals surface area (Å²) < 4.78 is 0. The molecule has 0 aromatic carbocycles. The van der Waals surface area contributed by atoms with Crippen molar-refractivity contribution >= 4 is 23.8 Å². The van der Waals surface area contributed by atoms with Gasteiger partial charge in [0.05, 0.1) is 0 Å². The number of carboxylic acids is 1. The van der Waals surface area contributed by atoms with Crippen molar-refractivity contribution in [2.75, 3.05) is 18.6 Å². The lowest BCUT2D eigenvalue weighted by Gasteiger charge is -2.15. The van der Waals surface area contributed by atoms with Gasteiger partial charge in [0.15, 0.2) is 0 Å². The van der Waals surface area contributed by atoms with Crippen LogP contribution in [0.15, 0.2) is 0 Å². The Balaban J connectivity index is 3.85. The maximum absolute atomic E-state index is 11.3. The summed E-state index contributed by atoms with van der Waals surface area (Å²) >= 11 is 1.72. The highest BCUT2D eigenvalue weighted by Crippen LogP contribution is 2.02. The van der Waals surface area contributed by atoms with Gasteiger partial charge in [-0.25, -0.2) is 9.59 Å². The largest absolute Gasteiger partial charge is 0.480 e. The molecule has 0 aliphatic carbocycles. The van der Waals surface area contributed by atoms with Gasteiger partial charge in [0, 0.05) is 6.54 Å². The summed E-state index contributed by atoms with van der Waals surface area (Å²) in [6.07, 6.45) is 2.39. The van der Waals surface area contributed by atoms with Crippen LogP contribution in [0.25, 0.3) is 0 Å². The molecule has 0 spiro atoms. The average Bonchev–Trinajstić information content (AvgIpc) is 2.23. The predicted molar refractivity (Wildman–Crippen MR) is 65.8 cm³/mol. The molecule has 0 bridgehead atoms. The number of nitrogens with one attached hydrogen (secondary N) is 2. The first-order chi connectivity index (χ1) is 7.51. The lowest BCUT2D eigenvalue weighted by Crippen LogP contribution is -2.46. The Bertz CT molecular complexity index is 236. The van der Waals surface area contributed by atoms with E-state index in [1.165, 1.54) is 0 Å². The van der Waals surface area contributed by atoms with E-state index in [1.54, 1.807) is 18.7 Å². The summed E-state index contributed by atoms with van der Waals surface area (Å²) in [4.78, 5) is 22.0. The highest BCUT2D eigenvalue weighted by molar-refractivity contribution is 7.98.